The fourth-order valence-electron chi connectivity index (χ4n) is 3.32. The van der Waals surface area contributed by atoms with E-state index in [0.717, 1.165) is 32.9 Å². The van der Waals surface area contributed by atoms with Crippen molar-refractivity contribution in [2.75, 3.05) is 45.4 Å². The monoisotopic (exact) mass is 420 g/mol. The molecule has 4 rings (SSSR count). The molecule has 30 heavy (non-hydrogen) atoms. The van der Waals surface area contributed by atoms with E-state index in [-0.39, 0.29) is 0 Å². The molecule has 0 bridgehead atoms. The van der Waals surface area contributed by atoms with E-state index in [2.05, 4.69) is 39.5 Å². The SMILES string of the molecule is COCCN(CCOC)c1nc(-c2ccccn2)nc2scc(-c3ccccc3)c12. The molecule has 0 aliphatic heterocycles. The van der Waals surface area contributed by atoms with E-state index in [9.17, 15) is 0 Å². The van der Waals surface area contributed by atoms with Crippen LogP contribution in [0.5, 0.6) is 0 Å². The number of fused-ring (bicyclic) bond motifs is 1. The molecule has 0 radical (unpaired) electrons. The number of nitrogens with zero attached hydrogens (tertiary/aromatic N) is 4. The molecule has 0 aliphatic carbocycles. The van der Waals surface area contributed by atoms with Gasteiger partial charge in [-0.2, -0.15) is 0 Å². The third-order valence-corrected chi connectivity index (χ3v) is 5.70. The molecule has 3 aromatic heterocycles. The number of aromatic nitrogens is 3. The van der Waals surface area contributed by atoms with Gasteiger partial charge in [0, 0.05) is 44.4 Å². The van der Waals surface area contributed by atoms with Crippen LogP contribution >= 0.6 is 11.3 Å². The predicted octanol–water partition coefficient (Wildman–Crippen LogP) is 4.52. The van der Waals surface area contributed by atoms with Gasteiger partial charge in [-0.1, -0.05) is 36.4 Å². The highest BCUT2D eigenvalue weighted by molar-refractivity contribution is 7.17. The molecule has 3 heterocycles. The van der Waals surface area contributed by atoms with Crippen LogP contribution in [0.1, 0.15) is 0 Å². The molecule has 1 aromatic carbocycles. The van der Waals surface area contributed by atoms with Crippen molar-refractivity contribution in [1.29, 1.82) is 0 Å². The van der Waals surface area contributed by atoms with Crippen LogP contribution in [-0.2, 0) is 9.47 Å². The first kappa shape index (κ1) is 20.4. The fourth-order valence-corrected chi connectivity index (χ4v) is 4.26. The second kappa shape index (κ2) is 9.75. The molecule has 4 aromatic rings. The van der Waals surface area contributed by atoms with Crippen molar-refractivity contribution in [3.05, 3.63) is 60.1 Å². The molecule has 0 unspecified atom stereocenters. The Labute approximate surface area is 180 Å². The van der Waals surface area contributed by atoms with E-state index in [0.29, 0.717) is 32.1 Å². The Morgan fingerprint density at radius 3 is 2.30 bits per heavy atom. The molecular weight excluding hydrogens is 396 g/mol. The van der Waals surface area contributed by atoms with E-state index in [4.69, 9.17) is 19.4 Å². The van der Waals surface area contributed by atoms with Crippen molar-refractivity contribution >= 4 is 27.4 Å². The fraction of sp³-hybridized carbons (Fsp3) is 0.261. The summed E-state index contributed by atoms with van der Waals surface area (Å²) in [5, 5.41) is 3.21. The molecule has 0 fully saturated rings. The lowest BCUT2D eigenvalue weighted by Gasteiger charge is -2.24. The molecule has 7 heteroatoms. The Hall–Kier alpha value is -2.87. The maximum atomic E-state index is 5.36. The summed E-state index contributed by atoms with van der Waals surface area (Å²) in [5.41, 5.74) is 3.05. The van der Waals surface area contributed by atoms with E-state index in [1.54, 1.807) is 31.8 Å². The quantitative estimate of drug-likeness (QED) is 0.397. The number of hydrogen-bond acceptors (Lipinski definition) is 7. The van der Waals surface area contributed by atoms with Gasteiger partial charge in [0.15, 0.2) is 5.82 Å². The Bertz CT molecular complexity index is 1080. The van der Waals surface area contributed by atoms with E-state index >= 15 is 0 Å². The minimum Gasteiger partial charge on any atom is -0.383 e. The molecule has 154 valence electrons. The van der Waals surface area contributed by atoms with Gasteiger partial charge in [-0.25, -0.2) is 9.97 Å². The smallest absolute Gasteiger partial charge is 0.181 e. The van der Waals surface area contributed by atoms with Crippen LogP contribution in [0.4, 0.5) is 5.82 Å². The number of hydrogen-bond donors (Lipinski definition) is 0. The van der Waals surface area contributed by atoms with Crippen LogP contribution in [0, 0.1) is 0 Å². The Kier molecular flexibility index (Phi) is 6.63. The molecule has 0 saturated carbocycles. The van der Waals surface area contributed by atoms with Gasteiger partial charge in [-0.3, -0.25) is 4.98 Å². The standard InChI is InChI=1S/C23H24N4O2S/c1-28-14-12-27(13-15-29-2)22-20-18(17-8-4-3-5-9-17)16-30-23(20)26-21(25-22)19-10-6-7-11-24-19/h3-11,16H,12-15H2,1-2H3. The number of rotatable bonds is 9. The van der Waals surface area contributed by atoms with E-state index < -0.39 is 0 Å². The Morgan fingerprint density at radius 2 is 1.63 bits per heavy atom. The van der Waals surface area contributed by atoms with Crippen LogP contribution in [0.25, 0.3) is 32.9 Å². The van der Waals surface area contributed by atoms with Crippen molar-refractivity contribution in [3.63, 3.8) is 0 Å². The molecule has 0 aliphatic rings. The first-order valence-electron chi connectivity index (χ1n) is 9.80. The van der Waals surface area contributed by atoms with Gasteiger partial charge in [0.25, 0.3) is 0 Å². The number of benzene rings is 1. The van der Waals surface area contributed by atoms with Crippen LogP contribution in [-0.4, -0.2) is 55.5 Å². The zero-order chi connectivity index (χ0) is 20.8. The average Bonchev–Trinajstić information content (AvgIpc) is 3.24. The maximum absolute atomic E-state index is 5.36. The summed E-state index contributed by atoms with van der Waals surface area (Å²) < 4.78 is 10.7. The number of pyridine rings is 1. The summed E-state index contributed by atoms with van der Waals surface area (Å²) in [5.74, 6) is 1.51. The molecular formula is C23H24N4O2S. The third-order valence-electron chi connectivity index (χ3n) is 4.82. The van der Waals surface area contributed by atoms with E-state index in [1.165, 1.54) is 0 Å². The largest absolute Gasteiger partial charge is 0.383 e. The van der Waals surface area contributed by atoms with Crippen molar-refractivity contribution in [1.82, 2.24) is 15.0 Å². The van der Waals surface area contributed by atoms with Crippen molar-refractivity contribution in [2.45, 2.75) is 0 Å². The maximum Gasteiger partial charge on any atom is 0.181 e. The summed E-state index contributed by atoms with van der Waals surface area (Å²) in [7, 11) is 3.42. The Balaban J connectivity index is 1.91. The molecule has 0 N–H and O–H groups in total. The van der Waals surface area contributed by atoms with Crippen LogP contribution in [0.15, 0.2) is 60.1 Å². The number of thiophene rings is 1. The summed E-state index contributed by atoms with van der Waals surface area (Å²) in [6.07, 6.45) is 1.76. The average molecular weight is 421 g/mol. The lowest BCUT2D eigenvalue weighted by atomic mass is 10.1. The van der Waals surface area contributed by atoms with Gasteiger partial charge in [0.05, 0.1) is 18.6 Å². The summed E-state index contributed by atoms with van der Waals surface area (Å²) in [6, 6.07) is 16.1. The first-order chi connectivity index (χ1) is 14.8. The van der Waals surface area contributed by atoms with Gasteiger partial charge in [0.2, 0.25) is 0 Å². The van der Waals surface area contributed by atoms with E-state index in [1.807, 2.05) is 24.3 Å². The minimum atomic E-state index is 0.596. The highest BCUT2D eigenvalue weighted by atomic mass is 32.1. The number of anilines is 1. The van der Waals surface area contributed by atoms with Gasteiger partial charge >= 0.3 is 0 Å². The van der Waals surface area contributed by atoms with Crippen molar-refractivity contribution in [2.24, 2.45) is 0 Å². The highest BCUT2D eigenvalue weighted by Crippen LogP contribution is 2.39. The van der Waals surface area contributed by atoms with Crippen LogP contribution < -0.4 is 4.90 Å². The van der Waals surface area contributed by atoms with Crippen molar-refractivity contribution in [3.8, 4) is 22.6 Å². The van der Waals surface area contributed by atoms with Gasteiger partial charge in [-0.05, 0) is 17.7 Å². The highest BCUT2D eigenvalue weighted by Gasteiger charge is 2.20. The zero-order valence-corrected chi connectivity index (χ0v) is 17.9. The van der Waals surface area contributed by atoms with Gasteiger partial charge < -0.3 is 14.4 Å². The molecule has 0 amide bonds. The van der Waals surface area contributed by atoms with Gasteiger partial charge in [0.1, 0.15) is 16.3 Å². The first-order valence-corrected chi connectivity index (χ1v) is 10.7. The minimum absolute atomic E-state index is 0.596. The lowest BCUT2D eigenvalue weighted by molar-refractivity contribution is 0.190. The lowest BCUT2D eigenvalue weighted by Crippen LogP contribution is -2.31. The normalized spacial score (nSPS) is 11.1. The summed E-state index contributed by atoms with van der Waals surface area (Å²) >= 11 is 1.63. The molecule has 0 saturated heterocycles. The number of methoxy groups -OCH3 is 2. The predicted molar refractivity (Wildman–Crippen MR) is 122 cm³/mol. The third kappa shape index (κ3) is 4.33. The zero-order valence-electron chi connectivity index (χ0n) is 17.1. The molecule has 6 nitrogen and oxygen atoms in total. The second-order valence-corrected chi connectivity index (χ2v) is 7.61. The number of ether oxygens (including phenoxy) is 2. The molecule has 0 atom stereocenters. The van der Waals surface area contributed by atoms with Crippen LogP contribution in [0.2, 0.25) is 0 Å². The topological polar surface area (TPSA) is 60.4 Å². The molecule has 0 spiro atoms. The van der Waals surface area contributed by atoms with Crippen LogP contribution in [0.3, 0.4) is 0 Å². The Morgan fingerprint density at radius 1 is 0.900 bits per heavy atom. The summed E-state index contributed by atoms with van der Waals surface area (Å²) in [6.45, 7) is 2.60. The second-order valence-electron chi connectivity index (χ2n) is 6.75. The van der Waals surface area contributed by atoms with Gasteiger partial charge in [-0.15, -0.1) is 11.3 Å². The summed E-state index contributed by atoms with van der Waals surface area (Å²) in [4.78, 5) is 17.4. The van der Waals surface area contributed by atoms with Crippen molar-refractivity contribution < 1.29 is 9.47 Å².